The summed E-state index contributed by atoms with van der Waals surface area (Å²) < 4.78 is 6.32. The smallest absolute Gasteiger partial charge is 0.138 e. The fourth-order valence-electron chi connectivity index (χ4n) is 3.04. The van der Waals surface area contributed by atoms with Crippen LogP contribution in [-0.4, -0.2) is 6.04 Å². The molecule has 2 heteroatoms. The molecule has 1 aliphatic carbocycles. The third-order valence-corrected chi connectivity index (χ3v) is 4.70. The summed E-state index contributed by atoms with van der Waals surface area (Å²) >= 11 is 0. The van der Waals surface area contributed by atoms with E-state index in [2.05, 4.69) is 44.3 Å². The van der Waals surface area contributed by atoms with Gasteiger partial charge in [0, 0.05) is 17.0 Å². The van der Waals surface area contributed by atoms with Crippen molar-refractivity contribution in [3.63, 3.8) is 0 Å². The van der Waals surface area contributed by atoms with Crippen LogP contribution in [0.5, 0.6) is 0 Å². The van der Waals surface area contributed by atoms with Gasteiger partial charge in [-0.15, -0.1) is 0 Å². The second-order valence-corrected chi connectivity index (χ2v) is 6.44. The van der Waals surface area contributed by atoms with Crippen molar-refractivity contribution in [1.29, 1.82) is 0 Å². The van der Waals surface area contributed by atoms with Crippen LogP contribution in [0.2, 0.25) is 0 Å². The van der Waals surface area contributed by atoms with Crippen molar-refractivity contribution in [2.75, 3.05) is 0 Å². The first-order valence-corrected chi connectivity index (χ1v) is 8.51. The Kier molecular flexibility index (Phi) is 4.34. The molecule has 0 spiro atoms. The van der Waals surface area contributed by atoms with Crippen LogP contribution >= 0.6 is 0 Å². The zero-order valence-corrected chi connectivity index (χ0v) is 13.5. The van der Waals surface area contributed by atoms with Gasteiger partial charge in [-0.05, 0) is 37.2 Å². The van der Waals surface area contributed by atoms with Crippen LogP contribution in [0.3, 0.4) is 0 Å². The Balaban J connectivity index is 2.01. The monoisotopic (exact) mass is 285 g/mol. The minimum Gasteiger partial charge on any atom is -0.459 e. The fourth-order valence-corrected chi connectivity index (χ4v) is 3.04. The summed E-state index contributed by atoms with van der Waals surface area (Å²) in [6.07, 6.45) is 6.07. The van der Waals surface area contributed by atoms with Crippen LogP contribution in [0.4, 0.5) is 0 Å². The Morgan fingerprint density at radius 2 is 2.10 bits per heavy atom. The van der Waals surface area contributed by atoms with E-state index in [-0.39, 0.29) is 0 Å². The van der Waals surface area contributed by atoms with Gasteiger partial charge in [0.15, 0.2) is 0 Å². The number of aryl methyl sites for hydroxylation is 1. The van der Waals surface area contributed by atoms with Crippen molar-refractivity contribution >= 4 is 11.0 Å². The average molecular weight is 285 g/mol. The van der Waals surface area contributed by atoms with Gasteiger partial charge >= 0.3 is 0 Å². The maximum atomic E-state index is 6.32. The van der Waals surface area contributed by atoms with Crippen LogP contribution in [0.25, 0.3) is 11.0 Å². The maximum absolute atomic E-state index is 6.32. The normalized spacial score (nSPS) is 16.5. The summed E-state index contributed by atoms with van der Waals surface area (Å²) in [6, 6.07) is 7.38. The van der Waals surface area contributed by atoms with E-state index in [4.69, 9.17) is 4.42 Å². The first kappa shape index (κ1) is 14.6. The molecule has 0 saturated heterocycles. The Labute approximate surface area is 127 Å². The van der Waals surface area contributed by atoms with Crippen LogP contribution in [0.15, 0.2) is 22.6 Å². The number of furan rings is 1. The van der Waals surface area contributed by atoms with Gasteiger partial charge in [0.1, 0.15) is 11.3 Å². The Bertz CT molecular complexity index is 609. The zero-order valence-electron chi connectivity index (χ0n) is 13.5. The van der Waals surface area contributed by atoms with E-state index in [1.54, 1.807) is 0 Å². The molecule has 0 aliphatic heterocycles. The molecule has 1 aromatic heterocycles. The number of benzene rings is 1. The van der Waals surface area contributed by atoms with Gasteiger partial charge < -0.3 is 9.73 Å². The molecule has 3 rings (SSSR count). The van der Waals surface area contributed by atoms with E-state index in [9.17, 15) is 0 Å². The summed E-state index contributed by atoms with van der Waals surface area (Å²) in [5.74, 6) is 1.72. The Morgan fingerprint density at radius 3 is 2.76 bits per heavy atom. The molecule has 1 N–H and O–H groups in total. The summed E-state index contributed by atoms with van der Waals surface area (Å²) in [4.78, 5) is 0. The highest BCUT2D eigenvalue weighted by Gasteiger charge is 2.23. The Hall–Kier alpha value is -1.28. The van der Waals surface area contributed by atoms with Crippen LogP contribution < -0.4 is 5.32 Å². The highest BCUT2D eigenvalue weighted by molar-refractivity contribution is 5.85. The topological polar surface area (TPSA) is 25.2 Å². The quantitative estimate of drug-likeness (QED) is 0.761. The second kappa shape index (κ2) is 6.23. The van der Waals surface area contributed by atoms with Crippen molar-refractivity contribution in [1.82, 2.24) is 5.32 Å². The molecule has 1 aliphatic rings. The molecular weight excluding hydrogens is 258 g/mol. The second-order valence-electron chi connectivity index (χ2n) is 6.44. The van der Waals surface area contributed by atoms with Crippen LogP contribution in [0.1, 0.15) is 69.3 Å². The molecule has 2 nitrogen and oxygen atoms in total. The van der Waals surface area contributed by atoms with Gasteiger partial charge in [0.05, 0.1) is 6.54 Å². The van der Waals surface area contributed by atoms with Gasteiger partial charge in [-0.2, -0.15) is 0 Å². The molecule has 1 aromatic carbocycles. The van der Waals surface area contributed by atoms with Crippen LogP contribution in [0, 0.1) is 0 Å². The SMILES string of the molecule is CCCc1c(CNC2CC2)oc2c(C(C)CC)cccc12. The van der Waals surface area contributed by atoms with E-state index in [1.165, 1.54) is 35.8 Å². The van der Waals surface area contributed by atoms with E-state index in [1.807, 2.05) is 0 Å². The first-order chi connectivity index (χ1) is 10.2. The molecule has 1 atom stereocenters. The minimum absolute atomic E-state index is 0.554. The van der Waals surface area contributed by atoms with Crippen molar-refractivity contribution in [2.24, 2.45) is 0 Å². The molecule has 1 saturated carbocycles. The maximum Gasteiger partial charge on any atom is 0.138 e. The van der Waals surface area contributed by atoms with Crippen molar-refractivity contribution in [3.8, 4) is 0 Å². The molecule has 0 radical (unpaired) electrons. The van der Waals surface area contributed by atoms with Gasteiger partial charge in [-0.1, -0.05) is 45.4 Å². The van der Waals surface area contributed by atoms with E-state index < -0.39 is 0 Å². The predicted octanol–water partition coefficient (Wildman–Crippen LogP) is 5.15. The molecule has 2 aromatic rings. The third-order valence-electron chi connectivity index (χ3n) is 4.70. The number of hydrogen-bond donors (Lipinski definition) is 1. The predicted molar refractivity (Wildman–Crippen MR) is 88.8 cm³/mol. The lowest BCUT2D eigenvalue weighted by molar-refractivity contribution is 0.501. The lowest BCUT2D eigenvalue weighted by Gasteiger charge is -2.09. The van der Waals surface area contributed by atoms with Crippen molar-refractivity contribution < 1.29 is 4.42 Å². The Morgan fingerprint density at radius 1 is 1.29 bits per heavy atom. The van der Waals surface area contributed by atoms with E-state index in [0.29, 0.717) is 5.92 Å². The lowest BCUT2D eigenvalue weighted by atomic mass is 9.95. The van der Waals surface area contributed by atoms with Gasteiger partial charge in [-0.3, -0.25) is 0 Å². The number of fused-ring (bicyclic) bond motifs is 1. The van der Waals surface area contributed by atoms with Crippen molar-refractivity contribution in [3.05, 3.63) is 35.1 Å². The number of nitrogens with one attached hydrogen (secondary N) is 1. The fraction of sp³-hybridized carbons (Fsp3) is 0.579. The van der Waals surface area contributed by atoms with Gasteiger partial charge in [0.2, 0.25) is 0 Å². The molecule has 1 heterocycles. The van der Waals surface area contributed by atoms with E-state index >= 15 is 0 Å². The van der Waals surface area contributed by atoms with Crippen LogP contribution in [-0.2, 0) is 13.0 Å². The average Bonchev–Trinajstić information content (AvgIpc) is 3.27. The molecule has 0 amide bonds. The summed E-state index contributed by atoms with van der Waals surface area (Å²) in [6.45, 7) is 7.66. The largest absolute Gasteiger partial charge is 0.459 e. The first-order valence-electron chi connectivity index (χ1n) is 8.51. The van der Waals surface area contributed by atoms with Crippen molar-refractivity contribution in [2.45, 2.75) is 71.4 Å². The number of hydrogen-bond acceptors (Lipinski definition) is 2. The highest BCUT2D eigenvalue weighted by atomic mass is 16.3. The standard InChI is InChI=1S/C19H27NO/c1-4-7-16-17-9-6-8-15(13(3)5-2)19(17)21-18(16)12-20-14-10-11-14/h6,8-9,13-14,20H,4-5,7,10-12H2,1-3H3. The summed E-state index contributed by atoms with van der Waals surface area (Å²) in [5, 5.41) is 4.94. The lowest BCUT2D eigenvalue weighted by Crippen LogP contribution is -2.15. The molecule has 0 bridgehead atoms. The zero-order chi connectivity index (χ0) is 14.8. The number of rotatable bonds is 7. The minimum atomic E-state index is 0.554. The summed E-state index contributed by atoms with van der Waals surface area (Å²) in [7, 11) is 0. The molecule has 114 valence electrons. The molecular formula is C19H27NO. The molecule has 1 unspecified atom stereocenters. The third kappa shape index (κ3) is 3.01. The van der Waals surface area contributed by atoms with Gasteiger partial charge in [-0.25, -0.2) is 0 Å². The number of para-hydroxylation sites is 1. The molecule has 1 fully saturated rings. The molecule has 21 heavy (non-hydrogen) atoms. The van der Waals surface area contributed by atoms with Gasteiger partial charge in [0.25, 0.3) is 0 Å². The van der Waals surface area contributed by atoms with E-state index in [0.717, 1.165) is 36.8 Å². The summed E-state index contributed by atoms with van der Waals surface area (Å²) in [5.41, 5.74) is 3.92. The highest BCUT2D eigenvalue weighted by Crippen LogP contribution is 2.34.